The summed E-state index contributed by atoms with van der Waals surface area (Å²) in [5.74, 6) is 0. The largest absolute Gasteiger partial charge is 0.382 e. The lowest BCUT2D eigenvalue weighted by Crippen LogP contribution is -2.38. The summed E-state index contributed by atoms with van der Waals surface area (Å²) in [4.78, 5) is 11.5. The van der Waals surface area contributed by atoms with Gasteiger partial charge in [0.1, 0.15) is 6.73 Å². The number of carbonyl (C=O) groups is 1. The molecule has 0 radical (unpaired) electrons. The van der Waals surface area contributed by atoms with Crippen molar-refractivity contribution in [2.75, 3.05) is 27.1 Å². The molecule has 0 spiro atoms. The Morgan fingerprint density at radius 2 is 2.00 bits per heavy atom. The summed E-state index contributed by atoms with van der Waals surface area (Å²) < 4.78 is 9.95. The molecule has 0 aromatic heterocycles. The third kappa shape index (κ3) is 5.65. The molecule has 0 heterocycles. The highest BCUT2D eigenvalue weighted by molar-refractivity contribution is 5.74. The minimum absolute atomic E-state index is 0.0369. The van der Waals surface area contributed by atoms with E-state index in [9.17, 15) is 4.79 Å². The first-order chi connectivity index (χ1) is 8.74. The number of benzene rings is 1. The molecule has 1 aromatic rings. The van der Waals surface area contributed by atoms with Crippen molar-refractivity contribution in [3.8, 4) is 0 Å². The van der Waals surface area contributed by atoms with Crippen molar-refractivity contribution in [1.29, 1.82) is 0 Å². The van der Waals surface area contributed by atoms with E-state index in [1.54, 1.807) is 7.11 Å². The fraction of sp³-hybridized carbons (Fsp3) is 0.462. The number of methoxy groups -OCH3 is 1. The van der Waals surface area contributed by atoms with E-state index in [-0.39, 0.29) is 18.8 Å². The summed E-state index contributed by atoms with van der Waals surface area (Å²) >= 11 is 0. The molecule has 1 rings (SSSR count). The molecule has 0 fully saturated rings. The summed E-state index contributed by atoms with van der Waals surface area (Å²) in [6.45, 7) is 3.09. The third-order valence-electron chi connectivity index (χ3n) is 2.41. The maximum absolute atomic E-state index is 11.5. The first kappa shape index (κ1) is 14.5. The van der Waals surface area contributed by atoms with Crippen molar-refractivity contribution in [3.63, 3.8) is 0 Å². The maximum atomic E-state index is 11.5. The Labute approximate surface area is 107 Å². The number of urea groups is 1. The average molecular weight is 252 g/mol. The molecular weight excluding hydrogens is 232 g/mol. The van der Waals surface area contributed by atoms with Gasteiger partial charge in [-0.2, -0.15) is 0 Å². The van der Waals surface area contributed by atoms with Crippen LogP contribution in [0.2, 0.25) is 0 Å². The van der Waals surface area contributed by atoms with Gasteiger partial charge in [0, 0.05) is 7.11 Å². The zero-order valence-corrected chi connectivity index (χ0v) is 10.8. The molecule has 1 unspecified atom stereocenters. The Balaban J connectivity index is 2.20. The molecule has 0 aliphatic rings. The predicted octanol–water partition coefficient (Wildman–Crippen LogP) is 1.67. The predicted molar refractivity (Wildman–Crippen MR) is 69.2 cm³/mol. The lowest BCUT2D eigenvalue weighted by atomic mass is 10.1. The van der Waals surface area contributed by atoms with Crippen LogP contribution in [0.1, 0.15) is 18.5 Å². The van der Waals surface area contributed by atoms with E-state index < -0.39 is 0 Å². The quantitative estimate of drug-likeness (QED) is 0.573. The van der Waals surface area contributed by atoms with E-state index in [1.807, 2.05) is 37.3 Å². The second-order valence-corrected chi connectivity index (χ2v) is 3.83. The van der Waals surface area contributed by atoms with Gasteiger partial charge in [-0.25, -0.2) is 4.79 Å². The Morgan fingerprint density at radius 3 is 2.67 bits per heavy atom. The van der Waals surface area contributed by atoms with E-state index >= 15 is 0 Å². The smallest absolute Gasteiger partial charge is 0.317 e. The number of ether oxygens (including phenoxy) is 2. The van der Waals surface area contributed by atoms with Crippen LogP contribution in [0.25, 0.3) is 0 Å². The zero-order chi connectivity index (χ0) is 13.2. The standard InChI is InChI=1S/C13H20N2O3/c1-11(12-6-4-3-5-7-12)15-13(16)14-10-18-9-8-17-2/h3-7,11H,8-10H2,1-2H3,(H2,14,15,16). The van der Waals surface area contributed by atoms with Gasteiger partial charge in [-0.15, -0.1) is 0 Å². The lowest BCUT2D eigenvalue weighted by molar-refractivity contribution is 0.0641. The van der Waals surface area contributed by atoms with Crippen LogP contribution in [0.5, 0.6) is 0 Å². The van der Waals surface area contributed by atoms with Crippen LogP contribution >= 0.6 is 0 Å². The highest BCUT2D eigenvalue weighted by Crippen LogP contribution is 2.10. The summed E-state index contributed by atoms with van der Waals surface area (Å²) in [7, 11) is 1.60. The van der Waals surface area contributed by atoms with Crippen LogP contribution in [-0.4, -0.2) is 33.1 Å². The van der Waals surface area contributed by atoms with Crippen LogP contribution in [0, 0.1) is 0 Å². The number of rotatable bonds is 7. The highest BCUT2D eigenvalue weighted by Gasteiger charge is 2.07. The minimum Gasteiger partial charge on any atom is -0.382 e. The first-order valence-corrected chi connectivity index (χ1v) is 5.90. The van der Waals surface area contributed by atoms with E-state index in [4.69, 9.17) is 9.47 Å². The number of carbonyl (C=O) groups excluding carboxylic acids is 1. The molecular formula is C13H20N2O3. The van der Waals surface area contributed by atoms with Crippen LogP contribution < -0.4 is 10.6 Å². The van der Waals surface area contributed by atoms with E-state index in [0.29, 0.717) is 13.2 Å². The molecule has 100 valence electrons. The lowest BCUT2D eigenvalue weighted by Gasteiger charge is -2.15. The summed E-state index contributed by atoms with van der Waals surface area (Å²) in [5.41, 5.74) is 1.06. The Hall–Kier alpha value is -1.59. The number of hydrogen-bond donors (Lipinski definition) is 2. The van der Waals surface area contributed by atoms with Gasteiger partial charge in [0.05, 0.1) is 19.3 Å². The third-order valence-corrected chi connectivity index (χ3v) is 2.41. The molecule has 1 atom stereocenters. The average Bonchev–Trinajstić information content (AvgIpc) is 2.39. The second-order valence-electron chi connectivity index (χ2n) is 3.83. The minimum atomic E-state index is -0.247. The van der Waals surface area contributed by atoms with Crippen molar-refractivity contribution < 1.29 is 14.3 Å². The Kier molecular flexibility index (Phi) is 6.83. The summed E-state index contributed by atoms with van der Waals surface area (Å²) in [5, 5.41) is 5.44. The fourth-order valence-electron chi connectivity index (χ4n) is 1.40. The van der Waals surface area contributed by atoms with Crippen molar-refractivity contribution in [1.82, 2.24) is 10.6 Å². The Morgan fingerprint density at radius 1 is 1.28 bits per heavy atom. The van der Waals surface area contributed by atoms with E-state index in [2.05, 4.69) is 10.6 Å². The van der Waals surface area contributed by atoms with Gasteiger partial charge in [0.2, 0.25) is 0 Å². The van der Waals surface area contributed by atoms with Crippen molar-refractivity contribution in [3.05, 3.63) is 35.9 Å². The van der Waals surface area contributed by atoms with Gasteiger partial charge in [0.25, 0.3) is 0 Å². The highest BCUT2D eigenvalue weighted by atomic mass is 16.5. The monoisotopic (exact) mass is 252 g/mol. The van der Waals surface area contributed by atoms with Crippen LogP contribution in [0.3, 0.4) is 0 Å². The van der Waals surface area contributed by atoms with Gasteiger partial charge >= 0.3 is 6.03 Å². The van der Waals surface area contributed by atoms with Crippen molar-refractivity contribution in [2.45, 2.75) is 13.0 Å². The van der Waals surface area contributed by atoms with Crippen LogP contribution in [0.4, 0.5) is 4.79 Å². The molecule has 0 saturated heterocycles. The molecule has 5 heteroatoms. The Bertz CT molecular complexity index is 343. The molecule has 0 saturated carbocycles. The molecule has 2 N–H and O–H groups in total. The second kappa shape index (κ2) is 8.49. The van der Waals surface area contributed by atoms with Gasteiger partial charge in [-0.05, 0) is 12.5 Å². The van der Waals surface area contributed by atoms with Gasteiger partial charge < -0.3 is 20.1 Å². The number of amides is 2. The first-order valence-electron chi connectivity index (χ1n) is 5.90. The number of hydrogen-bond acceptors (Lipinski definition) is 3. The molecule has 0 aliphatic carbocycles. The molecule has 0 aliphatic heterocycles. The van der Waals surface area contributed by atoms with Gasteiger partial charge in [-0.1, -0.05) is 30.3 Å². The SMILES string of the molecule is COCCOCNC(=O)NC(C)c1ccccc1. The molecule has 0 bridgehead atoms. The molecule has 18 heavy (non-hydrogen) atoms. The van der Waals surface area contributed by atoms with Gasteiger partial charge in [0.15, 0.2) is 0 Å². The van der Waals surface area contributed by atoms with Crippen LogP contribution in [-0.2, 0) is 9.47 Å². The van der Waals surface area contributed by atoms with Crippen LogP contribution in [0.15, 0.2) is 30.3 Å². The summed E-state index contributed by atoms with van der Waals surface area (Å²) in [6, 6.07) is 9.49. The molecule has 2 amide bonds. The normalized spacial score (nSPS) is 11.9. The molecule has 1 aromatic carbocycles. The zero-order valence-electron chi connectivity index (χ0n) is 10.8. The molecule has 5 nitrogen and oxygen atoms in total. The topological polar surface area (TPSA) is 59.6 Å². The van der Waals surface area contributed by atoms with E-state index in [0.717, 1.165) is 5.56 Å². The van der Waals surface area contributed by atoms with Gasteiger partial charge in [-0.3, -0.25) is 0 Å². The summed E-state index contributed by atoms with van der Waals surface area (Å²) in [6.07, 6.45) is 0. The van der Waals surface area contributed by atoms with Crippen molar-refractivity contribution in [2.24, 2.45) is 0 Å². The maximum Gasteiger partial charge on any atom is 0.317 e. The number of nitrogens with one attached hydrogen (secondary N) is 2. The fourth-order valence-corrected chi connectivity index (χ4v) is 1.40. The van der Waals surface area contributed by atoms with Crippen molar-refractivity contribution >= 4 is 6.03 Å². The van der Waals surface area contributed by atoms with E-state index in [1.165, 1.54) is 0 Å².